The highest BCUT2D eigenvalue weighted by atomic mass is 16.3. The number of aliphatic imine (C=N–C) groups is 1. The quantitative estimate of drug-likeness (QED) is 0.710. The Kier molecular flexibility index (Phi) is 3.20. The Morgan fingerprint density at radius 1 is 1.25 bits per heavy atom. The first kappa shape index (κ1) is 10.7. The van der Waals surface area contributed by atoms with E-state index in [-0.39, 0.29) is 0 Å². The van der Waals surface area contributed by atoms with Crippen LogP contribution in [0.15, 0.2) is 45.8 Å². The van der Waals surface area contributed by atoms with E-state index in [2.05, 4.69) is 24.0 Å². The largest absolute Gasteiger partial charge is 0.460 e. The molecule has 1 heterocycles. The fourth-order valence-corrected chi connectivity index (χ4v) is 1.52. The number of hydrogen-bond donors (Lipinski definition) is 0. The molecule has 0 aliphatic carbocycles. The van der Waals surface area contributed by atoms with E-state index in [1.807, 2.05) is 31.2 Å². The van der Waals surface area contributed by atoms with Crippen LogP contribution in [-0.4, -0.2) is 6.21 Å². The number of aryl methyl sites for hydroxylation is 2. The average Bonchev–Trinajstić information content (AvgIpc) is 2.73. The molecule has 16 heavy (non-hydrogen) atoms. The average molecular weight is 213 g/mol. The molecule has 0 unspecified atom stereocenters. The minimum absolute atomic E-state index is 0.791. The second kappa shape index (κ2) is 4.79. The summed E-state index contributed by atoms with van der Waals surface area (Å²) < 4.78 is 5.41. The minimum atomic E-state index is 0.791. The van der Waals surface area contributed by atoms with Gasteiger partial charge in [0.25, 0.3) is 0 Å². The van der Waals surface area contributed by atoms with Crippen molar-refractivity contribution < 1.29 is 4.42 Å². The van der Waals surface area contributed by atoms with Crippen molar-refractivity contribution in [1.82, 2.24) is 0 Å². The van der Waals surface area contributed by atoms with E-state index in [9.17, 15) is 0 Å². The van der Waals surface area contributed by atoms with Crippen LogP contribution >= 0.6 is 0 Å². The van der Waals surface area contributed by atoms with Crippen LogP contribution in [0.1, 0.15) is 24.0 Å². The molecule has 0 spiro atoms. The Morgan fingerprint density at radius 3 is 2.81 bits per heavy atom. The van der Waals surface area contributed by atoms with Crippen LogP contribution < -0.4 is 0 Å². The van der Waals surface area contributed by atoms with Crippen molar-refractivity contribution in [3.05, 3.63) is 53.5 Å². The van der Waals surface area contributed by atoms with Crippen molar-refractivity contribution >= 4 is 11.9 Å². The van der Waals surface area contributed by atoms with Gasteiger partial charge in [-0.05, 0) is 43.2 Å². The lowest BCUT2D eigenvalue weighted by Gasteiger charge is -1.97. The summed E-state index contributed by atoms with van der Waals surface area (Å²) in [5, 5.41) is 0. The second-order valence-electron chi connectivity index (χ2n) is 3.73. The standard InChI is InChI=1S/C14H15NO/c1-3-12-5-4-6-13(9-12)15-10-14-8-7-11(2)16-14/h4-10H,3H2,1-2H3. The molecule has 1 aromatic carbocycles. The minimum Gasteiger partial charge on any atom is -0.460 e. The Balaban J connectivity index is 2.16. The van der Waals surface area contributed by atoms with E-state index in [1.165, 1.54) is 5.56 Å². The van der Waals surface area contributed by atoms with E-state index >= 15 is 0 Å². The van der Waals surface area contributed by atoms with Crippen molar-refractivity contribution in [3.8, 4) is 0 Å². The maximum Gasteiger partial charge on any atom is 0.145 e. The fraction of sp³-hybridized carbons (Fsp3) is 0.214. The summed E-state index contributed by atoms with van der Waals surface area (Å²) in [5.74, 6) is 1.70. The summed E-state index contributed by atoms with van der Waals surface area (Å²) in [6.07, 6.45) is 2.78. The van der Waals surface area contributed by atoms with Gasteiger partial charge < -0.3 is 4.42 Å². The smallest absolute Gasteiger partial charge is 0.145 e. The van der Waals surface area contributed by atoms with Gasteiger partial charge in [0.2, 0.25) is 0 Å². The van der Waals surface area contributed by atoms with E-state index in [0.717, 1.165) is 23.6 Å². The summed E-state index contributed by atoms with van der Waals surface area (Å²) in [6.45, 7) is 4.06. The van der Waals surface area contributed by atoms with Crippen molar-refractivity contribution in [1.29, 1.82) is 0 Å². The number of nitrogens with zero attached hydrogens (tertiary/aromatic N) is 1. The van der Waals surface area contributed by atoms with Gasteiger partial charge in [-0.2, -0.15) is 0 Å². The van der Waals surface area contributed by atoms with Gasteiger partial charge in [0, 0.05) is 0 Å². The highest BCUT2D eigenvalue weighted by Crippen LogP contribution is 2.15. The van der Waals surface area contributed by atoms with Crippen LogP contribution in [0.25, 0.3) is 0 Å². The zero-order valence-electron chi connectivity index (χ0n) is 9.60. The van der Waals surface area contributed by atoms with Crippen LogP contribution in [0.5, 0.6) is 0 Å². The molecule has 1 aromatic heterocycles. The fourth-order valence-electron chi connectivity index (χ4n) is 1.52. The topological polar surface area (TPSA) is 25.5 Å². The molecule has 0 aliphatic heterocycles. The van der Waals surface area contributed by atoms with E-state index in [0.29, 0.717) is 0 Å². The van der Waals surface area contributed by atoms with E-state index in [1.54, 1.807) is 6.21 Å². The molecule has 2 rings (SSSR count). The van der Waals surface area contributed by atoms with E-state index in [4.69, 9.17) is 4.42 Å². The maximum absolute atomic E-state index is 5.41. The molecule has 2 heteroatoms. The molecule has 0 saturated carbocycles. The van der Waals surface area contributed by atoms with Gasteiger partial charge in [-0.1, -0.05) is 19.1 Å². The van der Waals surface area contributed by atoms with Gasteiger partial charge in [-0.25, -0.2) is 0 Å². The molecule has 0 N–H and O–H groups in total. The molecule has 0 amide bonds. The third-order valence-corrected chi connectivity index (χ3v) is 2.42. The molecule has 2 aromatic rings. The molecule has 0 aliphatic rings. The normalized spacial score (nSPS) is 11.1. The van der Waals surface area contributed by atoms with E-state index < -0.39 is 0 Å². The number of benzene rings is 1. The zero-order valence-corrected chi connectivity index (χ0v) is 9.60. The van der Waals surface area contributed by atoms with Crippen molar-refractivity contribution in [2.45, 2.75) is 20.3 Å². The van der Waals surface area contributed by atoms with Gasteiger partial charge in [0.05, 0.1) is 11.9 Å². The summed E-state index contributed by atoms with van der Waals surface area (Å²) in [6, 6.07) is 12.1. The first-order valence-corrected chi connectivity index (χ1v) is 5.47. The summed E-state index contributed by atoms with van der Waals surface area (Å²) in [7, 11) is 0. The Hall–Kier alpha value is -1.83. The van der Waals surface area contributed by atoms with Crippen LogP contribution in [-0.2, 0) is 6.42 Å². The van der Waals surface area contributed by atoms with Gasteiger partial charge in [-0.3, -0.25) is 4.99 Å². The molecular weight excluding hydrogens is 198 g/mol. The molecule has 0 fully saturated rings. The Morgan fingerprint density at radius 2 is 2.12 bits per heavy atom. The molecule has 2 nitrogen and oxygen atoms in total. The van der Waals surface area contributed by atoms with Crippen molar-refractivity contribution in [2.75, 3.05) is 0 Å². The van der Waals surface area contributed by atoms with Crippen LogP contribution in [0.2, 0.25) is 0 Å². The lowest BCUT2D eigenvalue weighted by Crippen LogP contribution is -1.78. The predicted octanol–water partition coefficient (Wildman–Crippen LogP) is 3.90. The molecule has 0 bridgehead atoms. The summed E-state index contributed by atoms with van der Waals surface area (Å²) >= 11 is 0. The third-order valence-electron chi connectivity index (χ3n) is 2.42. The molecule has 0 radical (unpaired) electrons. The second-order valence-corrected chi connectivity index (χ2v) is 3.73. The number of hydrogen-bond acceptors (Lipinski definition) is 2. The van der Waals surface area contributed by atoms with Crippen LogP contribution in [0.3, 0.4) is 0 Å². The van der Waals surface area contributed by atoms with Crippen LogP contribution in [0, 0.1) is 6.92 Å². The highest BCUT2D eigenvalue weighted by Gasteiger charge is 1.94. The van der Waals surface area contributed by atoms with Crippen molar-refractivity contribution in [2.24, 2.45) is 4.99 Å². The third kappa shape index (κ3) is 2.60. The monoisotopic (exact) mass is 213 g/mol. The van der Waals surface area contributed by atoms with Crippen molar-refractivity contribution in [3.63, 3.8) is 0 Å². The Labute approximate surface area is 95.6 Å². The molecule has 0 atom stereocenters. The maximum atomic E-state index is 5.41. The predicted molar refractivity (Wildman–Crippen MR) is 66.5 cm³/mol. The van der Waals surface area contributed by atoms with Gasteiger partial charge in [0.1, 0.15) is 11.5 Å². The lowest BCUT2D eigenvalue weighted by molar-refractivity contribution is 0.528. The van der Waals surface area contributed by atoms with Gasteiger partial charge in [-0.15, -0.1) is 0 Å². The highest BCUT2D eigenvalue weighted by molar-refractivity contribution is 5.78. The molecule has 82 valence electrons. The zero-order chi connectivity index (χ0) is 11.4. The lowest BCUT2D eigenvalue weighted by atomic mass is 10.1. The Bertz CT molecular complexity index is 497. The first-order valence-electron chi connectivity index (χ1n) is 5.47. The van der Waals surface area contributed by atoms with Gasteiger partial charge >= 0.3 is 0 Å². The number of rotatable bonds is 3. The first-order chi connectivity index (χ1) is 7.78. The summed E-state index contributed by atoms with van der Waals surface area (Å²) in [5.41, 5.74) is 2.26. The summed E-state index contributed by atoms with van der Waals surface area (Å²) in [4.78, 5) is 4.38. The SMILES string of the molecule is CCc1cccc(N=Cc2ccc(C)o2)c1. The molecule has 0 saturated heterocycles. The number of furan rings is 1. The van der Waals surface area contributed by atoms with Gasteiger partial charge in [0.15, 0.2) is 0 Å². The van der Waals surface area contributed by atoms with Crippen LogP contribution in [0.4, 0.5) is 5.69 Å². The molecular formula is C14H15NO.